The summed E-state index contributed by atoms with van der Waals surface area (Å²) in [7, 11) is 4.39. The molecule has 0 radical (unpaired) electrons. The summed E-state index contributed by atoms with van der Waals surface area (Å²) in [5, 5.41) is 17.9. The maximum atomic E-state index is 12.7. The summed E-state index contributed by atoms with van der Waals surface area (Å²) in [5.74, 6) is 1.02. The largest absolute Gasteiger partial charge is 0.493 e. The lowest BCUT2D eigenvalue weighted by Gasteiger charge is -2.17. The van der Waals surface area contributed by atoms with Crippen molar-refractivity contribution in [3.05, 3.63) is 45.4 Å². The molecule has 0 bridgehead atoms. The molecule has 0 fully saturated rings. The number of benzene rings is 1. The minimum Gasteiger partial charge on any atom is -0.493 e. The van der Waals surface area contributed by atoms with Gasteiger partial charge in [0, 0.05) is 22.9 Å². The maximum Gasteiger partial charge on any atom is 0.259 e. The number of ether oxygens (including phenoxy) is 3. The van der Waals surface area contributed by atoms with Crippen molar-refractivity contribution < 1.29 is 18.6 Å². The van der Waals surface area contributed by atoms with Crippen molar-refractivity contribution >= 4 is 11.0 Å². The van der Waals surface area contributed by atoms with Gasteiger partial charge in [-0.3, -0.25) is 10.2 Å². The minimum absolute atomic E-state index is 0.0811. The van der Waals surface area contributed by atoms with Crippen LogP contribution >= 0.6 is 0 Å². The molecule has 1 aromatic carbocycles. The van der Waals surface area contributed by atoms with Gasteiger partial charge in [-0.05, 0) is 19.1 Å². The molecule has 3 aromatic rings. The number of aromatic amines is 1. The number of pyridine rings is 1. The Hall–Kier alpha value is -3.73. The van der Waals surface area contributed by atoms with Gasteiger partial charge in [-0.15, -0.1) is 0 Å². The number of aryl methyl sites for hydroxylation is 1. The first-order valence-corrected chi connectivity index (χ1v) is 7.91. The second kappa shape index (κ2) is 6.88. The number of fused-ring (bicyclic) bond motifs is 1. The molecule has 0 saturated carbocycles. The molecule has 27 heavy (non-hydrogen) atoms. The lowest BCUT2D eigenvalue weighted by molar-refractivity contribution is 0.325. The predicted octanol–water partition coefficient (Wildman–Crippen LogP) is 2.47. The van der Waals surface area contributed by atoms with Crippen LogP contribution in [0.25, 0.3) is 22.1 Å². The van der Waals surface area contributed by atoms with E-state index in [1.54, 1.807) is 25.1 Å². The first-order chi connectivity index (χ1) is 13.0. The molecule has 0 aliphatic heterocycles. The standard InChI is InChI=1S/C19H17N3O5/c1-9-7-13-15(19(23)22-9)14(11(8-20)18(21)27-13)10-5-6-12(24-2)17(26-4)16(10)25-3/h5-7,21H,1-4H3,(H,22,23). The number of hydrogen-bond donors (Lipinski definition) is 2. The van der Waals surface area contributed by atoms with E-state index in [1.807, 2.05) is 6.07 Å². The number of aromatic nitrogens is 1. The summed E-state index contributed by atoms with van der Waals surface area (Å²) in [6.07, 6.45) is 0. The van der Waals surface area contributed by atoms with Crippen LogP contribution in [0.2, 0.25) is 0 Å². The normalized spacial score (nSPS) is 10.5. The van der Waals surface area contributed by atoms with Crippen molar-refractivity contribution in [2.24, 2.45) is 0 Å². The Morgan fingerprint density at radius 3 is 2.44 bits per heavy atom. The summed E-state index contributed by atoms with van der Waals surface area (Å²) in [6, 6.07) is 6.84. The topological polar surface area (TPSA) is 121 Å². The molecule has 0 unspecified atom stereocenters. The zero-order valence-electron chi connectivity index (χ0n) is 15.2. The highest BCUT2D eigenvalue weighted by Crippen LogP contribution is 2.45. The SMILES string of the molecule is COc1ccc(-c2c(C#N)c(=N)oc3cc(C)[nH]c(=O)c23)c(OC)c1OC. The van der Waals surface area contributed by atoms with Crippen LogP contribution in [0.1, 0.15) is 11.3 Å². The maximum absolute atomic E-state index is 12.7. The molecule has 3 rings (SSSR count). The fourth-order valence-corrected chi connectivity index (χ4v) is 3.05. The van der Waals surface area contributed by atoms with Gasteiger partial charge in [0.25, 0.3) is 5.56 Å². The third kappa shape index (κ3) is 2.79. The van der Waals surface area contributed by atoms with E-state index in [0.29, 0.717) is 22.8 Å². The Labute approximate surface area is 154 Å². The second-order valence-electron chi connectivity index (χ2n) is 5.70. The van der Waals surface area contributed by atoms with Crippen LogP contribution in [0, 0.1) is 23.7 Å². The van der Waals surface area contributed by atoms with Crippen LogP contribution in [0.5, 0.6) is 17.2 Å². The molecule has 8 nitrogen and oxygen atoms in total. The number of nitriles is 1. The summed E-state index contributed by atoms with van der Waals surface area (Å²) in [6.45, 7) is 1.70. The summed E-state index contributed by atoms with van der Waals surface area (Å²) < 4.78 is 21.6. The Balaban J connectivity index is 2.58. The van der Waals surface area contributed by atoms with Gasteiger partial charge in [-0.25, -0.2) is 0 Å². The molecular weight excluding hydrogens is 350 g/mol. The molecule has 0 amide bonds. The summed E-state index contributed by atoms with van der Waals surface area (Å²) in [4.78, 5) is 15.4. The summed E-state index contributed by atoms with van der Waals surface area (Å²) in [5.41, 5.74) is 0.567. The van der Waals surface area contributed by atoms with E-state index < -0.39 is 5.56 Å². The number of nitrogens with one attached hydrogen (secondary N) is 2. The molecular formula is C19H17N3O5. The average molecular weight is 367 g/mol. The third-order valence-corrected chi connectivity index (χ3v) is 4.16. The Morgan fingerprint density at radius 2 is 1.85 bits per heavy atom. The molecule has 0 aliphatic rings. The molecule has 0 atom stereocenters. The second-order valence-corrected chi connectivity index (χ2v) is 5.70. The van der Waals surface area contributed by atoms with Gasteiger partial charge in [-0.2, -0.15) is 5.26 Å². The van der Waals surface area contributed by atoms with Crippen LogP contribution in [0.3, 0.4) is 0 Å². The van der Waals surface area contributed by atoms with Gasteiger partial charge < -0.3 is 23.6 Å². The number of H-pyrrole nitrogens is 1. The third-order valence-electron chi connectivity index (χ3n) is 4.16. The molecule has 8 heteroatoms. The predicted molar refractivity (Wildman–Crippen MR) is 97.2 cm³/mol. The highest BCUT2D eigenvalue weighted by Gasteiger charge is 2.24. The zero-order valence-corrected chi connectivity index (χ0v) is 15.2. The number of rotatable bonds is 4. The van der Waals surface area contributed by atoms with Gasteiger partial charge >= 0.3 is 0 Å². The molecule has 138 valence electrons. The van der Waals surface area contributed by atoms with Crippen molar-refractivity contribution in [2.45, 2.75) is 6.92 Å². The lowest BCUT2D eigenvalue weighted by atomic mass is 9.96. The molecule has 2 aromatic heterocycles. The average Bonchev–Trinajstić information content (AvgIpc) is 2.65. The fourth-order valence-electron chi connectivity index (χ4n) is 3.05. The summed E-state index contributed by atoms with van der Waals surface area (Å²) >= 11 is 0. The van der Waals surface area contributed by atoms with Crippen LogP contribution in [-0.4, -0.2) is 26.3 Å². The highest BCUT2D eigenvalue weighted by molar-refractivity contribution is 5.98. The van der Waals surface area contributed by atoms with Crippen LogP contribution in [-0.2, 0) is 0 Å². The van der Waals surface area contributed by atoms with E-state index >= 15 is 0 Å². The van der Waals surface area contributed by atoms with E-state index in [2.05, 4.69) is 4.98 Å². The number of methoxy groups -OCH3 is 3. The van der Waals surface area contributed by atoms with Crippen molar-refractivity contribution in [2.75, 3.05) is 21.3 Å². The fraction of sp³-hybridized carbons (Fsp3) is 0.211. The quantitative estimate of drug-likeness (QED) is 0.730. The van der Waals surface area contributed by atoms with E-state index in [4.69, 9.17) is 24.0 Å². The highest BCUT2D eigenvalue weighted by atomic mass is 16.5. The zero-order chi connectivity index (χ0) is 19.7. The first-order valence-electron chi connectivity index (χ1n) is 7.91. The smallest absolute Gasteiger partial charge is 0.259 e. The van der Waals surface area contributed by atoms with Crippen molar-refractivity contribution in [3.8, 4) is 34.4 Å². The number of nitrogens with zero attached hydrogens (tertiary/aromatic N) is 1. The van der Waals surface area contributed by atoms with Crippen molar-refractivity contribution in [1.82, 2.24) is 4.98 Å². The number of hydrogen-bond acceptors (Lipinski definition) is 7. The molecule has 2 heterocycles. The monoisotopic (exact) mass is 367 g/mol. The van der Waals surface area contributed by atoms with E-state index in [-0.39, 0.29) is 33.4 Å². The molecule has 0 spiro atoms. The Morgan fingerprint density at radius 1 is 1.15 bits per heavy atom. The first kappa shape index (κ1) is 18.1. The van der Waals surface area contributed by atoms with Gasteiger partial charge in [0.1, 0.15) is 17.2 Å². The Kier molecular flexibility index (Phi) is 4.60. The van der Waals surface area contributed by atoms with Crippen molar-refractivity contribution in [1.29, 1.82) is 10.7 Å². The van der Waals surface area contributed by atoms with Gasteiger partial charge in [0.2, 0.25) is 11.3 Å². The lowest BCUT2D eigenvalue weighted by Crippen LogP contribution is -2.15. The van der Waals surface area contributed by atoms with Crippen LogP contribution in [0.15, 0.2) is 27.4 Å². The van der Waals surface area contributed by atoms with Crippen LogP contribution < -0.4 is 25.3 Å². The van der Waals surface area contributed by atoms with Gasteiger partial charge in [-0.1, -0.05) is 0 Å². The van der Waals surface area contributed by atoms with E-state index in [9.17, 15) is 10.1 Å². The van der Waals surface area contributed by atoms with E-state index in [0.717, 1.165) is 0 Å². The molecule has 0 saturated heterocycles. The van der Waals surface area contributed by atoms with Gasteiger partial charge in [0.15, 0.2) is 11.5 Å². The van der Waals surface area contributed by atoms with Crippen molar-refractivity contribution in [3.63, 3.8) is 0 Å². The van der Waals surface area contributed by atoms with Crippen LogP contribution in [0.4, 0.5) is 0 Å². The van der Waals surface area contributed by atoms with E-state index in [1.165, 1.54) is 21.3 Å². The van der Waals surface area contributed by atoms with Gasteiger partial charge in [0.05, 0.1) is 26.7 Å². The Bertz CT molecular complexity index is 1200. The molecule has 0 aliphatic carbocycles. The molecule has 2 N–H and O–H groups in total. The minimum atomic E-state index is -0.433.